The minimum atomic E-state index is 0. The van der Waals surface area contributed by atoms with Crippen LogP contribution in [0.4, 0.5) is 11.4 Å². The molecule has 1 fully saturated rings. The van der Waals surface area contributed by atoms with Crippen LogP contribution in [0.3, 0.4) is 0 Å². The normalized spacial score (nSPS) is 20.2. The van der Waals surface area contributed by atoms with Crippen LogP contribution < -0.4 is 10.6 Å². The summed E-state index contributed by atoms with van der Waals surface area (Å²) in [6.45, 7) is 0. The average molecular weight is 236 g/mol. The first-order chi connectivity index (χ1) is 7.92. The van der Waals surface area contributed by atoms with Gasteiger partial charge in [0.25, 0.3) is 0 Å². The molecule has 2 N–H and O–H groups in total. The summed E-state index contributed by atoms with van der Waals surface area (Å²) in [5.41, 5.74) is 2.58. The van der Waals surface area contributed by atoms with Crippen molar-refractivity contribution in [2.24, 2.45) is 0 Å². The molecule has 1 heterocycles. The van der Waals surface area contributed by atoms with E-state index in [1.807, 2.05) is 11.8 Å². The summed E-state index contributed by atoms with van der Waals surface area (Å²) in [5.74, 6) is 1.02. The second-order valence-corrected chi connectivity index (χ2v) is 5.67. The van der Waals surface area contributed by atoms with Gasteiger partial charge in [0, 0.05) is 23.7 Å². The summed E-state index contributed by atoms with van der Waals surface area (Å²) in [7, 11) is 0. The van der Waals surface area contributed by atoms with Crippen LogP contribution in [0.1, 0.15) is 33.5 Å². The summed E-state index contributed by atoms with van der Waals surface area (Å²) in [6, 6.07) is 7.38. The predicted octanol–water partition coefficient (Wildman–Crippen LogP) is 4.15. The zero-order chi connectivity index (χ0) is 10.8. The van der Waals surface area contributed by atoms with Crippen molar-refractivity contribution in [3.63, 3.8) is 0 Å². The van der Waals surface area contributed by atoms with Gasteiger partial charge in [0.15, 0.2) is 0 Å². The molecule has 3 heteroatoms. The molecule has 3 rings (SSSR count). The molecule has 2 nitrogen and oxygen atoms in total. The van der Waals surface area contributed by atoms with Crippen LogP contribution in [0.15, 0.2) is 23.1 Å². The van der Waals surface area contributed by atoms with Gasteiger partial charge in [0.1, 0.15) is 0 Å². The van der Waals surface area contributed by atoms with Crippen molar-refractivity contribution >= 4 is 23.1 Å². The fourth-order valence-electron chi connectivity index (χ4n) is 2.55. The molecule has 2 aliphatic rings. The van der Waals surface area contributed by atoms with Gasteiger partial charge in [0.05, 0.1) is 5.88 Å². The molecule has 0 amide bonds. The predicted molar refractivity (Wildman–Crippen MR) is 73.4 cm³/mol. The van der Waals surface area contributed by atoms with Crippen molar-refractivity contribution < 1.29 is 1.43 Å². The molecule has 1 saturated carbocycles. The van der Waals surface area contributed by atoms with Crippen molar-refractivity contribution in [2.75, 3.05) is 16.5 Å². The number of hydrogen-bond donors (Lipinski definition) is 2. The molecule has 0 saturated heterocycles. The lowest BCUT2D eigenvalue weighted by Gasteiger charge is -2.24. The second kappa shape index (κ2) is 4.58. The Bertz CT molecular complexity index is 378. The van der Waals surface area contributed by atoms with E-state index in [0.717, 1.165) is 5.88 Å². The van der Waals surface area contributed by atoms with Crippen LogP contribution in [-0.4, -0.2) is 11.9 Å². The SMILES string of the molecule is [HH].c1cc2c(cc1NC1CCCCC1)SCN2. The average Bonchev–Trinajstić information content (AvgIpc) is 2.77. The van der Waals surface area contributed by atoms with Gasteiger partial charge in [-0.05, 0) is 31.0 Å². The third kappa shape index (κ3) is 2.14. The van der Waals surface area contributed by atoms with E-state index in [0.29, 0.717) is 6.04 Å². The Balaban J connectivity index is 0.00000108. The zero-order valence-corrected chi connectivity index (χ0v) is 10.3. The number of rotatable bonds is 2. The summed E-state index contributed by atoms with van der Waals surface area (Å²) in [5, 5.41) is 7.04. The molecule has 0 spiro atoms. The Morgan fingerprint density at radius 3 is 3.00 bits per heavy atom. The number of hydrogen-bond acceptors (Lipinski definition) is 3. The molecule has 1 aromatic rings. The Morgan fingerprint density at radius 2 is 2.12 bits per heavy atom. The molecule has 0 unspecified atom stereocenters. The second-order valence-electron chi connectivity index (χ2n) is 4.66. The van der Waals surface area contributed by atoms with Crippen molar-refractivity contribution in [3.05, 3.63) is 18.2 Å². The molecule has 88 valence electrons. The number of fused-ring (bicyclic) bond motifs is 1. The monoisotopic (exact) mass is 236 g/mol. The van der Waals surface area contributed by atoms with E-state index >= 15 is 0 Å². The van der Waals surface area contributed by atoms with Crippen LogP contribution in [0.25, 0.3) is 0 Å². The van der Waals surface area contributed by atoms with Gasteiger partial charge < -0.3 is 10.6 Å². The molecule has 0 radical (unpaired) electrons. The van der Waals surface area contributed by atoms with Gasteiger partial charge in [-0.25, -0.2) is 0 Å². The van der Waals surface area contributed by atoms with Crippen molar-refractivity contribution in [1.29, 1.82) is 0 Å². The fraction of sp³-hybridized carbons (Fsp3) is 0.538. The minimum Gasteiger partial charge on any atom is -0.382 e. The van der Waals surface area contributed by atoms with Gasteiger partial charge in [0.2, 0.25) is 0 Å². The first-order valence-electron chi connectivity index (χ1n) is 6.19. The molecule has 0 atom stereocenters. The summed E-state index contributed by atoms with van der Waals surface area (Å²) in [4.78, 5) is 1.39. The molecule has 0 bridgehead atoms. The van der Waals surface area contributed by atoms with Crippen LogP contribution >= 0.6 is 11.8 Å². The lowest BCUT2D eigenvalue weighted by Crippen LogP contribution is -2.22. The van der Waals surface area contributed by atoms with E-state index in [1.165, 1.54) is 48.4 Å². The summed E-state index contributed by atoms with van der Waals surface area (Å²) < 4.78 is 0. The Hall–Kier alpha value is -0.830. The molecule has 16 heavy (non-hydrogen) atoms. The largest absolute Gasteiger partial charge is 0.382 e. The highest BCUT2D eigenvalue weighted by atomic mass is 32.2. The van der Waals surface area contributed by atoms with E-state index in [9.17, 15) is 0 Å². The highest BCUT2D eigenvalue weighted by molar-refractivity contribution is 7.99. The van der Waals surface area contributed by atoms with Gasteiger partial charge in [-0.3, -0.25) is 0 Å². The van der Waals surface area contributed by atoms with E-state index in [2.05, 4.69) is 28.8 Å². The minimum absolute atomic E-state index is 0. The van der Waals surface area contributed by atoms with E-state index < -0.39 is 0 Å². The highest BCUT2D eigenvalue weighted by Gasteiger charge is 2.15. The first kappa shape index (κ1) is 10.3. The lowest BCUT2D eigenvalue weighted by molar-refractivity contribution is 0.462. The molecule has 0 aromatic heterocycles. The van der Waals surface area contributed by atoms with E-state index in [-0.39, 0.29) is 1.43 Å². The maximum atomic E-state index is 3.67. The summed E-state index contributed by atoms with van der Waals surface area (Å²) >= 11 is 1.89. The van der Waals surface area contributed by atoms with Crippen LogP contribution in [-0.2, 0) is 0 Å². The van der Waals surface area contributed by atoms with Crippen LogP contribution in [0.2, 0.25) is 0 Å². The zero-order valence-electron chi connectivity index (χ0n) is 9.46. The molecule has 1 aliphatic heterocycles. The number of nitrogens with one attached hydrogen (secondary N) is 2. The topological polar surface area (TPSA) is 24.1 Å². The van der Waals surface area contributed by atoms with Gasteiger partial charge in [-0.15, -0.1) is 11.8 Å². The number of benzene rings is 1. The Labute approximate surface area is 103 Å². The smallest absolute Gasteiger partial charge is 0.0658 e. The Kier molecular flexibility index (Phi) is 2.96. The van der Waals surface area contributed by atoms with Crippen molar-refractivity contribution in [1.82, 2.24) is 0 Å². The quantitative estimate of drug-likeness (QED) is 0.806. The van der Waals surface area contributed by atoms with E-state index in [1.54, 1.807) is 0 Å². The van der Waals surface area contributed by atoms with Gasteiger partial charge >= 0.3 is 0 Å². The van der Waals surface area contributed by atoms with Gasteiger partial charge in [-0.2, -0.15) is 0 Å². The van der Waals surface area contributed by atoms with Crippen LogP contribution in [0, 0.1) is 0 Å². The van der Waals surface area contributed by atoms with Crippen molar-refractivity contribution in [3.8, 4) is 0 Å². The van der Waals surface area contributed by atoms with Crippen LogP contribution in [0.5, 0.6) is 0 Å². The molecule has 1 aliphatic carbocycles. The maximum absolute atomic E-state index is 3.67. The van der Waals surface area contributed by atoms with Crippen molar-refractivity contribution in [2.45, 2.75) is 43.0 Å². The third-order valence-electron chi connectivity index (χ3n) is 3.45. The maximum Gasteiger partial charge on any atom is 0.0658 e. The third-order valence-corrected chi connectivity index (χ3v) is 4.39. The highest BCUT2D eigenvalue weighted by Crippen LogP contribution is 2.36. The van der Waals surface area contributed by atoms with Gasteiger partial charge in [-0.1, -0.05) is 19.3 Å². The van der Waals surface area contributed by atoms with E-state index in [4.69, 9.17) is 0 Å². The number of anilines is 2. The number of thioether (sulfide) groups is 1. The molecule has 1 aromatic carbocycles. The fourth-order valence-corrected chi connectivity index (χ4v) is 3.44. The summed E-state index contributed by atoms with van der Waals surface area (Å²) in [6.07, 6.45) is 6.87. The first-order valence-corrected chi connectivity index (χ1v) is 7.18. The lowest BCUT2D eigenvalue weighted by atomic mass is 9.95. The standard InChI is InChI=1S/C13H18N2S.H2/c1-2-4-10(5-3-1)15-11-6-7-12-13(8-11)16-9-14-12;/h6-8,10,14-15H,1-5,9H2;1H. The molecular weight excluding hydrogens is 216 g/mol. The molecular formula is C13H20N2S. The Morgan fingerprint density at radius 1 is 1.25 bits per heavy atom.